The number of rotatable bonds is 9. The molecule has 2 rings (SSSR count). The molecule has 1 amide bonds. The van der Waals surface area contributed by atoms with Gasteiger partial charge in [-0.15, -0.1) is 0 Å². The summed E-state index contributed by atoms with van der Waals surface area (Å²) in [5.41, 5.74) is 1.38. The van der Waals surface area contributed by atoms with Gasteiger partial charge in [0, 0.05) is 16.8 Å². The number of halogens is 1. The molecule has 0 aliphatic heterocycles. The number of nitrogens with one attached hydrogen (secondary N) is 1. The fourth-order valence-electron chi connectivity index (χ4n) is 2.61. The minimum Gasteiger partial charge on any atom is -0.491 e. The van der Waals surface area contributed by atoms with Crippen LogP contribution >= 0.6 is 15.9 Å². The Labute approximate surface area is 167 Å². The molecule has 2 atom stereocenters. The Morgan fingerprint density at radius 3 is 2.56 bits per heavy atom. The van der Waals surface area contributed by atoms with Gasteiger partial charge in [0.05, 0.1) is 6.61 Å². The Bertz CT molecular complexity index is 723. The monoisotopic (exact) mass is 437 g/mol. The van der Waals surface area contributed by atoms with Gasteiger partial charge in [-0.05, 0) is 54.3 Å². The molecule has 0 unspecified atom stereocenters. The van der Waals surface area contributed by atoms with Crippen molar-refractivity contribution in [2.24, 2.45) is 5.92 Å². The summed E-state index contributed by atoms with van der Waals surface area (Å²) < 4.78 is 12.0. The second-order valence-electron chi connectivity index (χ2n) is 6.09. The second-order valence-corrected chi connectivity index (χ2v) is 7.01. The SMILES string of the molecule is C[C@@H](CCO)[C@@H](OC(=O)Nc1ccc(Br)cc1)c1cccc(OCCO)c1. The number of amides is 1. The average Bonchev–Trinajstić information content (AvgIpc) is 2.66. The molecule has 0 heterocycles. The van der Waals surface area contributed by atoms with E-state index in [1.165, 1.54) is 0 Å². The molecule has 2 aromatic carbocycles. The van der Waals surface area contributed by atoms with Crippen LogP contribution in [0.25, 0.3) is 0 Å². The maximum absolute atomic E-state index is 12.4. The van der Waals surface area contributed by atoms with Crippen LogP contribution in [0.4, 0.5) is 10.5 Å². The smallest absolute Gasteiger partial charge is 0.412 e. The van der Waals surface area contributed by atoms with Crippen molar-refractivity contribution in [2.45, 2.75) is 19.4 Å². The number of carbonyl (C=O) groups is 1. The van der Waals surface area contributed by atoms with Crippen LogP contribution in [-0.4, -0.2) is 36.1 Å². The summed E-state index contributed by atoms with van der Waals surface area (Å²) in [6, 6.07) is 14.4. The lowest BCUT2D eigenvalue weighted by atomic mass is 9.94. The topological polar surface area (TPSA) is 88.0 Å². The molecule has 0 aliphatic rings. The van der Waals surface area contributed by atoms with Crippen molar-refractivity contribution in [1.29, 1.82) is 0 Å². The number of carbonyl (C=O) groups excluding carboxylic acids is 1. The third kappa shape index (κ3) is 6.86. The van der Waals surface area contributed by atoms with Crippen LogP contribution in [0, 0.1) is 5.92 Å². The van der Waals surface area contributed by atoms with Crippen molar-refractivity contribution >= 4 is 27.7 Å². The third-order valence-electron chi connectivity index (χ3n) is 3.97. The van der Waals surface area contributed by atoms with E-state index >= 15 is 0 Å². The summed E-state index contributed by atoms with van der Waals surface area (Å²) in [5.74, 6) is 0.485. The third-order valence-corrected chi connectivity index (χ3v) is 4.50. The number of anilines is 1. The van der Waals surface area contributed by atoms with E-state index in [0.717, 1.165) is 10.0 Å². The highest BCUT2D eigenvalue weighted by atomic mass is 79.9. The molecule has 0 aliphatic carbocycles. The Hall–Kier alpha value is -2.09. The maximum Gasteiger partial charge on any atom is 0.412 e. The zero-order chi connectivity index (χ0) is 19.6. The van der Waals surface area contributed by atoms with Crippen molar-refractivity contribution in [1.82, 2.24) is 0 Å². The van der Waals surface area contributed by atoms with E-state index in [9.17, 15) is 9.90 Å². The molecule has 0 bridgehead atoms. The van der Waals surface area contributed by atoms with E-state index < -0.39 is 12.2 Å². The molecule has 7 heteroatoms. The van der Waals surface area contributed by atoms with Crippen LogP contribution in [0.5, 0.6) is 5.75 Å². The van der Waals surface area contributed by atoms with E-state index in [-0.39, 0.29) is 25.7 Å². The van der Waals surface area contributed by atoms with E-state index in [0.29, 0.717) is 17.9 Å². The van der Waals surface area contributed by atoms with Crippen molar-refractivity contribution in [3.63, 3.8) is 0 Å². The molecule has 27 heavy (non-hydrogen) atoms. The lowest BCUT2D eigenvalue weighted by Gasteiger charge is -2.24. The minimum absolute atomic E-state index is 0.00391. The average molecular weight is 438 g/mol. The van der Waals surface area contributed by atoms with E-state index in [1.807, 2.05) is 25.1 Å². The lowest BCUT2D eigenvalue weighted by Crippen LogP contribution is -2.22. The number of hydrogen-bond acceptors (Lipinski definition) is 5. The Kier molecular flexibility index (Phi) is 8.57. The summed E-state index contributed by atoms with van der Waals surface area (Å²) in [4.78, 5) is 12.4. The molecular weight excluding hydrogens is 414 g/mol. The quantitative estimate of drug-likeness (QED) is 0.548. The lowest BCUT2D eigenvalue weighted by molar-refractivity contribution is 0.0665. The molecule has 0 saturated heterocycles. The van der Waals surface area contributed by atoms with Crippen molar-refractivity contribution in [3.05, 3.63) is 58.6 Å². The fraction of sp³-hybridized carbons (Fsp3) is 0.350. The van der Waals surface area contributed by atoms with Crippen LogP contribution in [0.3, 0.4) is 0 Å². The standard InChI is InChI=1S/C20H24BrNO5/c1-14(9-10-23)19(15-3-2-4-18(13-15)26-12-11-24)27-20(25)22-17-7-5-16(21)6-8-17/h2-8,13-14,19,23-24H,9-12H2,1H3,(H,22,25)/t14-,19+/m0/s1. The predicted molar refractivity (Wildman–Crippen MR) is 107 cm³/mol. The summed E-state index contributed by atoms with van der Waals surface area (Å²) >= 11 is 3.35. The second kappa shape index (κ2) is 10.9. The summed E-state index contributed by atoms with van der Waals surface area (Å²) in [6.45, 7) is 2.01. The zero-order valence-electron chi connectivity index (χ0n) is 15.1. The summed E-state index contributed by atoms with van der Waals surface area (Å²) in [5, 5.41) is 20.9. The molecule has 0 radical (unpaired) electrons. The molecule has 0 aromatic heterocycles. The van der Waals surface area contributed by atoms with Gasteiger partial charge in [-0.2, -0.15) is 0 Å². The summed E-state index contributed by atoms with van der Waals surface area (Å²) in [6.07, 6.45) is -0.642. The first kappa shape index (κ1) is 21.2. The largest absolute Gasteiger partial charge is 0.491 e. The van der Waals surface area contributed by atoms with Gasteiger partial charge < -0.3 is 19.7 Å². The number of benzene rings is 2. The van der Waals surface area contributed by atoms with Crippen LogP contribution in [-0.2, 0) is 4.74 Å². The van der Waals surface area contributed by atoms with E-state index in [1.54, 1.807) is 30.3 Å². The molecule has 146 valence electrons. The highest BCUT2D eigenvalue weighted by Crippen LogP contribution is 2.31. The van der Waals surface area contributed by atoms with Gasteiger partial charge in [0.15, 0.2) is 0 Å². The Morgan fingerprint density at radius 1 is 1.15 bits per heavy atom. The number of aliphatic hydroxyl groups is 2. The molecular formula is C20H24BrNO5. The number of hydrogen-bond donors (Lipinski definition) is 3. The highest BCUT2D eigenvalue weighted by Gasteiger charge is 2.24. The van der Waals surface area contributed by atoms with Gasteiger partial charge in [0.2, 0.25) is 0 Å². The first-order valence-corrected chi connectivity index (χ1v) is 9.50. The first-order chi connectivity index (χ1) is 13.0. The molecule has 0 saturated carbocycles. The van der Waals surface area contributed by atoms with Crippen LogP contribution < -0.4 is 10.1 Å². The zero-order valence-corrected chi connectivity index (χ0v) is 16.7. The van der Waals surface area contributed by atoms with E-state index in [4.69, 9.17) is 14.6 Å². The summed E-state index contributed by atoms with van der Waals surface area (Å²) in [7, 11) is 0. The Balaban J connectivity index is 2.13. The van der Waals surface area contributed by atoms with Gasteiger partial charge in [-0.1, -0.05) is 35.0 Å². The van der Waals surface area contributed by atoms with Crippen molar-refractivity contribution in [3.8, 4) is 5.75 Å². The van der Waals surface area contributed by atoms with Crippen LogP contribution in [0.15, 0.2) is 53.0 Å². The molecule has 0 fully saturated rings. The maximum atomic E-state index is 12.4. The predicted octanol–water partition coefficient (Wildman–Crippen LogP) is 4.13. The molecule has 2 aromatic rings. The Morgan fingerprint density at radius 2 is 1.89 bits per heavy atom. The van der Waals surface area contributed by atoms with Gasteiger partial charge in [0.1, 0.15) is 18.5 Å². The number of ether oxygens (including phenoxy) is 2. The van der Waals surface area contributed by atoms with Gasteiger partial charge in [0.25, 0.3) is 0 Å². The molecule has 6 nitrogen and oxygen atoms in total. The number of aliphatic hydroxyl groups excluding tert-OH is 2. The first-order valence-electron chi connectivity index (χ1n) is 8.71. The van der Waals surface area contributed by atoms with Crippen molar-refractivity contribution < 1.29 is 24.5 Å². The van der Waals surface area contributed by atoms with Crippen molar-refractivity contribution in [2.75, 3.05) is 25.1 Å². The van der Waals surface area contributed by atoms with Gasteiger partial charge >= 0.3 is 6.09 Å². The van der Waals surface area contributed by atoms with Crippen LogP contribution in [0.1, 0.15) is 25.0 Å². The minimum atomic E-state index is -0.575. The molecule has 0 spiro atoms. The normalized spacial score (nSPS) is 12.9. The highest BCUT2D eigenvalue weighted by molar-refractivity contribution is 9.10. The van der Waals surface area contributed by atoms with E-state index in [2.05, 4.69) is 21.2 Å². The molecule has 3 N–H and O–H groups in total. The van der Waals surface area contributed by atoms with Gasteiger partial charge in [-0.25, -0.2) is 4.79 Å². The van der Waals surface area contributed by atoms with Crippen LogP contribution in [0.2, 0.25) is 0 Å². The van der Waals surface area contributed by atoms with Gasteiger partial charge in [-0.3, -0.25) is 5.32 Å². The fourth-order valence-corrected chi connectivity index (χ4v) is 2.87.